The van der Waals surface area contributed by atoms with Crippen molar-refractivity contribution in [1.82, 2.24) is 15.1 Å². The predicted octanol–water partition coefficient (Wildman–Crippen LogP) is 0.147. The molecule has 0 aromatic carbocycles. The van der Waals surface area contributed by atoms with E-state index in [1.54, 1.807) is 4.90 Å². The van der Waals surface area contributed by atoms with Gasteiger partial charge in [0, 0.05) is 20.1 Å². The lowest BCUT2D eigenvalue weighted by Gasteiger charge is -2.18. The molecule has 0 aromatic rings. The molecule has 1 amide bonds. The zero-order valence-electron chi connectivity index (χ0n) is 10.3. The largest absolute Gasteiger partial charge is 0.347 e. The molecule has 1 aliphatic rings. The predicted molar refractivity (Wildman–Crippen MR) is 61.8 cm³/mol. The summed E-state index contributed by atoms with van der Waals surface area (Å²) >= 11 is 0. The van der Waals surface area contributed by atoms with Gasteiger partial charge in [-0.15, -0.1) is 0 Å². The summed E-state index contributed by atoms with van der Waals surface area (Å²) in [7, 11) is 7.79. The summed E-state index contributed by atoms with van der Waals surface area (Å²) in [6, 6.07) is 0.563. The average Bonchev–Trinajstić information content (AvgIpc) is 2.61. The lowest BCUT2D eigenvalue weighted by molar-refractivity contribution is -0.130. The molecule has 0 radical (unpaired) electrons. The van der Waals surface area contributed by atoms with Gasteiger partial charge in [0.25, 0.3) is 0 Å². The fraction of sp³-hybridized carbons (Fsp3) is 0.909. The summed E-state index contributed by atoms with van der Waals surface area (Å²) in [5.74, 6) is 0.211. The molecule has 1 N–H and O–H groups in total. The van der Waals surface area contributed by atoms with E-state index in [1.165, 1.54) is 0 Å². The van der Waals surface area contributed by atoms with Gasteiger partial charge in [-0.05, 0) is 39.9 Å². The van der Waals surface area contributed by atoms with Gasteiger partial charge < -0.3 is 15.1 Å². The Balaban J connectivity index is 2.29. The van der Waals surface area contributed by atoms with E-state index in [0.717, 1.165) is 25.8 Å². The van der Waals surface area contributed by atoms with Crippen molar-refractivity contribution < 1.29 is 4.79 Å². The van der Waals surface area contributed by atoms with Crippen LogP contribution in [0.2, 0.25) is 0 Å². The maximum atomic E-state index is 11.7. The second-order valence-electron chi connectivity index (χ2n) is 4.82. The quantitative estimate of drug-likeness (QED) is 0.722. The molecule has 88 valence electrons. The van der Waals surface area contributed by atoms with Crippen LogP contribution in [-0.4, -0.2) is 62.5 Å². The zero-order valence-corrected chi connectivity index (χ0v) is 10.3. The van der Waals surface area contributed by atoms with E-state index in [0.29, 0.717) is 6.04 Å². The smallest absolute Gasteiger partial charge is 0.239 e. The molecule has 0 spiro atoms. The first-order valence-electron chi connectivity index (χ1n) is 5.62. The van der Waals surface area contributed by atoms with Crippen molar-refractivity contribution >= 4 is 5.91 Å². The lowest BCUT2D eigenvalue weighted by atomic mass is 10.1. The van der Waals surface area contributed by atoms with Crippen molar-refractivity contribution in [2.45, 2.75) is 31.3 Å². The van der Waals surface area contributed by atoms with Gasteiger partial charge in [-0.2, -0.15) is 0 Å². The lowest BCUT2D eigenvalue weighted by Crippen LogP contribution is -2.42. The summed E-state index contributed by atoms with van der Waals surface area (Å²) in [6.07, 6.45) is 3.23. The summed E-state index contributed by atoms with van der Waals surface area (Å²) < 4.78 is 0. The minimum absolute atomic E-state index is 0.0483. The molecule has 4 heteroatoms. The maximum absolute atomic E-state index is 11.7. The minimum Gasteiger partial charge on any atom is -0.347 e. The van der Waals surface area contributed by atoms with Crippen molar-refractivity contribution in [2.75, 3.05) is 34.7 Å². The Hall–Kier alpha value is -0.610. The van der Waals surface area contributed by atoms with E-state index in [4.69, 9.17) is 0 Å². The van der Waals surface area contributed by atoms with Gasteiger partial charge in [0.15, 0.2) is 0 Å². The highest BCUT2D eigenvalue weighted by Gasteiger charge is 2.29. The normalized spacial score (nSPS) is 25.9. The molecule has 2 atom stereocenters. The fourth-order valence-corrected chi connectivity index (χ4v) is 1.97. The van der Waals surface area contributed by atoms with Crippen molar-refractivity contribution in [2.24, 2.45) is 0 Å². The number of carbonyl (C=O) groups excluding carboxylic acids is 1. The molecule has 0 aromatic heterocycles. The number of rotatable bonds is 4. The molecule has 1 saturated heterocycles. The van der Waals surface area contributed by atoms with Crippen molar-refractivity contribution in [3.8, 4) is 0 Å². The molecule has 1 aliphatic heterocycles. The number of hydrogen-bond donors (Lipinski definition) is 1. The molecule has 15 heavy (non-hydrogen) atoms. The summed E-state index contributed by atoms with van der Waals surface area (Å²) in [5.41, 5.74) is 0. The van der Waals surface area contributed by atoms with Crippen LogP contribution in [0, 0.1) is 0 Å². The van der Waals surface area contributed by atoms with Crippen molar-refractivity contribution in [1.29, 1.82) is 0 Å². The van der Waals surface area contributed by atoms with Gasteiger partial charge in [0.05, 0.1) is 6.04 Å². The Bertz CT molecular complexity index is 216. The van der Waals surface area contributed by atoms with E-state index in [1.807, 2.05) is 14.1 Å². The first kappa shape index (κ1) is 12.5. The van der Waals surface area contributed by atoms with Crippen LogP contribution >= 0.6 is 0 Å². The van der Waals surface area contributed by atoms with Crippen LogP contribution in [0.25, 0.3) is 0 Å². The first-order valence-corrected chi connectivity index (χ1v) is 5.62. The van der Waals surface area contributed by atoms with Crippen LogP contribution in [0.5, 0.6) is 0 Å². The van der Waals surface area contributed by atoms with Crippen LogP contribution in [0.4, 0.5) is 0 Å². The Kier molecular flexibility index (Phi) is 4.54. The van der Waals surface area contributed by atoms with Gasteiger partial charge in [-0.1, -0.05) is 0 Å². The second kappa shape index (κ2) is 5.47. The van der Waals surface area contributed by atoms with E-state index < -0.39 is 0 Å². The van der Waals surface area contributed by atoms with Crippen LogP contribution in [0.3, 0.4) is 0 Å². The summed E-state index contributed by atoms with van der Waals surface area (Å²) in [6.45, 7) is 1.08. The van der Waals surface area contributed by atoms with E-state index in [-0.39, 0.29) is 11.9 Å². The fourth-order valence-electron chi connectivity index (χ4n) is 1.97. The van der Waals surface area contributed by atoms with E-state index in [2.05, 4.69) is 24.3 Å². The number of nitrogens with zero attached hydrogens (tertiary/aromatic N) is 2. The first-order chi connectivity index (χ1) is 7.00. The van der Waals surface area contributed by atoms with Crippen molar-refractivity contribution in [3.05, 3.63) is 0 Å². The molecule has 0 saturated carbocycles. The Morgan fingerprint density at radius 3 is 2.47 bits per heavy atom. The number of nitrogens with one attached hydrogen (secondary N) is 1. The third-order valence-corrected chi connectivity index (χ3v) is 2.90. The molecular formula is C11H23N3O. The Morgan fingerprint density at radius 1 is 1.27 bits per heavy atom. The molecule has 1 heterocycles. The van der Waals surface area contributed by atoms with Crippen LogP contribution < -0.4 is 5.32 Å². The van der Waals surface area contributed by atoms with Gasteiger partial charge in [-0.3, -0.25) is 4.79 Å². The highest BCUT2D eigenvalue weighted by Crippen LogP contribution is 2.16. The standard InChI is InChI=1S/C11H23N3O/c1-13(2)8-7-9-5-6-10(12-9)11(15)14(3)4/h9-10,12H,5-8H2,1-4H3. The van der Waals surface area contributed by atoms with Gasteiger partial charge >= 0.3 is 0 Å². The Labute approximate surface area is 92.6 Å². The average molecular weight is 213 g/mol. The van der Waals surface area contributed by atoms with Gasteiger partial charge in [0.1, 0.15) is 0 Å². The number of amides is 1. The topological polar surface area (TPSA) is 35.6 Å². The third-order valence-electron chi connectivity index (χ3n) is 2.90. The maximum Gasteiger partial charge on any atom is 0.239 e. The third kappa shape index (κ3) is 3.80. The molecule has 4 nitrogen and oxygen atoms in total. The molecule has 2 unspecified atom stereocenters. The van der Waals surface area contributed by atoms with Gasteiger partial charge in [-0.25, -0.2) is 0 Å². The molecule has 1 fully saturated rings. The number of likely N-dealkylation sites (N-methyl/N-ethyl adjacent to an activating group) is 1. The van der Waals surface area contributed by atoms with Gasteiger partial charge in [0.2, 0.25) is 5.91 Å². The van der Waals surface area contributed by atoms with E-state index >= 15 is 0 Å². The zero-order chi connectivity index (χ0) is 11.4. The summed E-state index contributed by atoms with van der Waals surface area (Å²) in [4.78, 5) is 15.5. The summed E-state index contributed by atoms with van der Waals surface area (Å²) in [5, 5.41) is 3.41. The molecule has 0 aliphatic carbocycles. The van der Waals surface area contributed by atoms with Crippen LogP contribution in [0.1, 0.15) is 19.3 Å². The Morgan fingerprint density at radius 2 is 1.93 bits per heavy atom. The van der Waals surface area contributed by atoms with E-state index in [9.17, 15) is 4.79 Å². The van der Waals surface area contributed by atoms with Crippen molar-refractivity contribution in [3.63, 3.8) is 0 Å². The number of carbonyl (C=O) groups is 1. The molecule has 1 rings (SSSR count). The SMILES string of the molecule is CN(C)CCC1CCC(C(=O)N(C)C)N1. The monoisotopic (exact) mass is 213 g/mol. The second-order valence-corrected chi connectivity index (χ2v) is 4.82. The molecule has 0 bridgehead atoms. The molecular weight excluding hydrogens is 190 g/mol. The minimum atomic E-state index is 0.0483. The highest BCUT2D eigenvalue weighted by atomic mass is 16.2. The van der Waals surface area contributed by atoms with Crippen LogP contribution in [-0.2, 0) is 4.79 Å². The van der Waals surface area contributed by atoms with Crippen LogP contribution in [0.15, 0.2) is 0 Å². The number of hydrogen-bond acceptors (Lipinski definition) is 3. The highest BCUT2D eigenvalue weighted by molar-refractivity contribution is 5.81.